The molecule has 2 aromatic rings. The molecule has 0 bridgehead atoms. The first-order chi connectivity index (χ1) is 12.6. The molecule has 0 saturated heterocycles. The molecule has 3 rings (SSSR count). The van der Waals surface area contributed by atoms with E-state index in [2.05, 4.69) is 10.6 Å². The Morgan fingerprint density at radius 3 is 2.04 bits per heavy atom. The Balaban J connectivity index is 1.79. The van der Waals surface area contributed by atoms with Crippen molar-refractivity contribution < 1.29 is 22.8 Å². The highest BCUT2D eigenvalue weighted by atomic mass is 19.4. The lowest BCUT2D eigenvalue weighted by Crippen LogP contribution is -2.36. The summed E-state index contributed by atoms with van der Waals surface area (Å²) in [5, 5.41) is 5.04. The van der Waals surface area contributed by atoms with Gasteiger partial charge in [-0.15, -0.1) is 0 Å². The summed E-state index contributed by atoms with van der Waals surface area (Å²) in [6.07, 6.45) is -4.01. The van der Waals surface area contributed by atoms with Crippen LogP contribution < -0.4 is 10.6 Å². The van der Waals surface area contributed by atoms with E-state index >= 15 is 0 Å². The van der Waals surface area contributed by atoms with Crippen molar-refractivity contribution in [3.05, 3.63) is 59.2 Å². The Hall–Kier alpha value is -2.83. The lowest BCUT2D eigenvalue weighted by Gasteiger charge is -2.19. The lowest BCUT2D eigenvalue weighted by molar-refractivity contribution is -0.137. The zero-order chi connectivity index (χ0) is 19.8. The molecule has 1 aliphatic rings. The fraction of sp³-hybridized carbons (Fsp3) is 0.300. The van der Waals surface area contributed by atoms with Crippen LogP contribution in [-0.2, 0) is 15.8 Å². The van der Waals surface area contributed by atoms with E-state index in [1.54, 1.807) is 12.1 Å². The van der Waals surface area contributed by atoms with Crippen LogP contribution in [0.25, 0.3) is 0 Å². The highest BCUT2D eigenvalue weighted by Gasteiger charge is 2.57. The minimum absolute atomic E-state index is 0.295. The molecule has 142 valence electrons. The monoisotopic (exact) mass is 376 g/mol. The molecule has 2 amide bonds. The van der Waals surface area contributed by atoms with Crippen LogP contribution in [0.15, 0.2) is 42.5 Å². The number of carbonyl (C=O) groups is 2. The molecule has 0 aliphatic heterocycles. The van der Waals surface area contributed by atoms with Gasteiger partial charge in [0.2, 0.25) is 11.8 Å². The summed E-state index contributed by atoms with van der Waals surface area (Å²) in [6.45, 7) is 3.75. The van der Waals surface area contributed by atoms with Crippen molar-refractivity contribution in [3.63, 3.8) is 0 Å². The van der Waals surface area contributed by atoms with Crippen LogP contribution in [-0.4, -0.2) is 11.8 Å². The summed E-state index contributed by atoms with van der Waals surface area (Å²) in [6, 6.07) is 10.1. The van der Waals surface area contributed by atoms with Crippen molar-refractivity contribution in [1.82, 2.24) is 0 Å². The molecule has 2 N–H and O–H groups in total. The van der Waals surface area contributed by atoms with Gasteiger partial charge in [-0.3, -0.25) is 9.59 Å². The fourth-order valence-corrected chi connectivity index (χ4v) is 2.89. The highest BCUT2D eigenvalue weighted by molar-refractivity contribution is 6.17. The second kappa shape index (κ2) is 6.72. The van der Waals surface area contributed by atoms with E-state index in [-0.39, 0.29) is 5.69 Å². The number of hydrogen-bond acceptors (Lipinski definition) is 2. The predicted octanol–water partition coefficient (Wildman–Crippen LogP) is 4.68. The maximum Gasteiger partial charge on any atom is 0.418 e. The molecule has 1 fully saturated rings. The Labute approximate surface area is 154 Å². The van der Waals surface area contributed by atoms with Crippen LogP contribution in [0, 0.1) is 19.3 Å². The Morgan fingerprint density at radius 1 is 0.889 bits per heavy atom. The number of benzene rings is 2. The van der Waals surface area contributed by atoms with Crippen LogP contribution >= 0.6 is 0 Å². The lowest BCUT2D eigenvalue weighted by atomic mass is 10.0. The molecule has 27 heavy (non-hydrogen) atoms. The molecular formula is C20H19F3N2O2. The van der Waals surface area contributed by atoms with E-state index in [4.69, 9.17) is 0 Å². The molecule has 0 unspecified atom stereocenters. The third-order valence-electron chi connectivity index (χ3n) is 4.95. The van der Waals surface area contributed by atoms with Crippen molar-refractivity contribution in [2.24, 2.45) is 5.41 Å². The normalized spacial score (nSPS) is 15.1. The van der Waals surface area contributed by atoms with Crippen molar-refractivity contribution in [2.45, 2.75) is 32.9 Å². The number of aryl methyl sites for hydroxylation is 1. The van der Waals surface area contributed by atoms with E-state index in [1.807, 2.05) is 19.9 Å². The van der Waals surface area contributed by atoms with Crippen molar-refractivity contribution in [3.8, 4) is 0 Å². The van der Waals surface area contributed by atoms with Crippen LogP contribution in [0.3, 0.4) is 0 Å². The number of carbonyl (C=O) groups excluding carboxylic acids is 2. The largest absolute Gasteiger partial charge is 0.418 e. The van der Waals surface area contributed by atoms with Gasteiger partial charge in [0.15, 0.2) is 0 Å². The highest BCUT2D eigenvalue weighted by Crippen LogP contribution is 2.48. The number of para-hydroxylation sites is 1. The summed E-state index contributed by atoms with van der Waals surface area (Å²) in [5.74, 6) is -1.22. The molecule has 1 aliphatic carbocycles. The quantitative estimate of drug-likeness (QED) is 0.762. The summed E-state index contributed by atoms with van der Waals surface area (Å²) in [4.78, 5) is 25.3. The molecule has 1 saturated carbocycles. The SMILES string of the molecule is Cc1cccc(NC(=O)C2(C(=O)Nc3ccccc3C(F)(F)F)CC2)c1C. The van der Waals surface area contributed by atoms with Crippen molar-refractivity contribution in [1.29, 1.82) is 0 Å². The van der Waals surface area contributed by atoms with Gasteiger partial charge in [-0.1, -0.05) is 24.3 Å². The molecule has 0 aromatic heterocycles. The Kier molecular flexibility index (Phi) is 4.71. The van der Waals surface area contributed by atoms with E-state index in [0.717, 1.165) is 17.2 Å². The average molecular weight is 376 g/mol. The first-order valence-corrected chi connectivity index (χ1v) is 8.50. The third-order valence-corrected chi connectivity index (χ3v) is 4.95. The van der Waals surface area contributed by atoms with Gasteiger partial charge in [0.05, 0.1) is 11.3 Å². The molecule has 0 heterocycles. The summed E-state index contributed by atoms with van der Waals surface area (Å²) in [7, 11) is 0. The van der Waals surface area contributed by atoms with Gasteiger partial charge in [-0.2, -0.15) is 13.2 Å². The number of hydrogen-bond donors (Lipinski definition) is 2. The topological polar surface area (TPSA) is 58.2 Å². The second-order valence-electron chi connectivity index (χ2n) is 6.78. The number of amides is 2. The van der Waals surface area contributed by atoms with Gasteiger partial charge in [0, 0.05) is 5.69 Å². The number of halogens is 3. The van der Waals surface area contributed by atoms with Crippen LogP contribution in [0.4, 0.5) is 24.5 Å². The zero-order valence-corrected chi connectivity index (χ0v) is 14.9. The van der Waals surface area contributed by atoms with E-state index in [1.165, 1.54) is 18.2 Å². The number of alkyl halides is 3. The predicted molar refractivity (Wildman–Crippen MR) is 96.3 cm³/mol. The summed E-state index contributed by atoms with van der Waals surface area (Å²) >= 11 is 0. The van der Waals surface area contributed by atoms with Crippen molar-refractivity contribution in [2.75, 3.05) is 10.6 Å². The smallest absolute Gasteiger partial charge is 0.325 e. The van der Waals surface area contributed by atoms with Crippen LogP contribution in [0.1, 0.15) is 29.5 Å². The molecular weight excluding hydrogens is 357 g/mol. The maximum atomic E-state index is 13.1. The third kappa shape index (κ3) is 3.67. The van der Waals surface area contributed by atoms with Crippen LogP contribution in [0.2, 0.25) is 0 Å². The van der Waals surface area contributed by atoms with E-state index < -0.39 is 29.0 Å². The molecule has 4 nitrogen and oxygen atoms in total. The minimum atomic E-state index is -4.60. The van der Waals surface area contributed by atoms with Gasteiger partial charge >= 0.3 is 6.18 Å². The second-order valence-corrected chi connectivity index (χ2v) is 6.78. The van der Waals surface area contributed by atoms with E-state index in [0.29, 0.717) is 18.5 Å². The van der Waals surface area contributed by atoms with Gasteiger partial charge in [0.1, 0.15) is 5.41 Å². The first kappa shape index (κ1) is 18.9. The first-order valence-electron chi connectivity index (χ1n) is 8.50. The van der Waals surface area contributed by atoms with Gasteiger partial charge in [-0.05, 0) is 56.0 Å². The van der Waals surface area contributed by atoms with Gasteiger partial charge in [0.25, 0.3) is 0 Å². The van der Waals surface area contributed by atoms with Crippen molar-refractivity contribution >= 4 is 23.2 Å². The van der Waals surface area contributed by atoms with E-state index in [9.17, 15) is 22.8 Å². The number of nitrogens with one attached hydrogen (secondary N) is 2. The Bertz CT molecular complexity index is 902. The molecule has 2 aromatic carbocycles. The fourth-order valence-electron chi connectivity index (χ4n) is 2.89. The summed E-state index contributed by atoms with van der Waals surface area (Å²) in [5.41, 5.74) is -0.167. The Morgan fingerprint density at radius 2 is 1.44 bits per heavy atom. The maximum absolute atomic E-state index is 13.1. The molecule has 7 heteroatoms. The molecule has 0 radical (unpaired) electrons. The minimum Gasteiger partial charge on any atom is -0.325 e. The van der Waals surface area contributed by atoms with Crippen LogP contribution in [0.5, 0.6) is 0 Å². The van der Waals surface area contributed by atoms with Gasteiger partial charge in [-0.25, -0.2) is 0 Å². The number of rotatable bonds is 4. The zero-order valence-electron chi connectivity index (χ0n) is 14.9. The standard InChI is InChI=1S/C20H19F3N2O2/c1-12-6-5-9-15(13(12)2)24-17(26)19(10-11-19)18(27)25-16-8-4-3-7-14(16)20(21,22)23/h3-9H,10-11H2,1-2H3,(H,24,26)(H,25,27). The molecule has 0 spiro atoms. The van der Waals surface area contributed by atoms with Gasteiger partial charge < -0.3 is 10.6 Å². The number of anilines is 2. The average Bonchev–Trinajstić information content (AvgIpc) is 3.40. The molecule has 0 atom stereocenters. The summed E-state index contributed by atoms with van der Waals surface area (Å²) < 4.78 is 39.3.